The molecule has 0 bridgehead atoms. The van der Waals surface area contributed by atoms with Crippen molar-refractivity contribution in [3.8, 4) is 0 Å². The normalized spacial score (nSPS) is 21.3. The van der Waals surface area contributed by atoms with E-state index in [1.807, 2.05) is 18.3 Å². The van der Waals surface area contributed by atoms with Crippen LogP contribution in [-0.4, -0.2) is 24.6 Å². The van der Waals surface area contributed by atoms with E-state index >= 15 is 0 Å². The van der Waals surface area contributed by atoms with Crippen LogP contribution >= 0.6 is 15.9 Å². The van der Waals surface area contributed by atoms with E-state index in [0.29, 0.717) is 0 Å². The number of nitrogens with zero attached hydrogens (tertiary/aromatic N) is 1. The molecular weight excluding hydrogens is 254 g/mol. The van der Waals surface area contributed by atoms with Crippen molar-refractivity contribution in [2.45, 2.75) is 12.8 Å². The molecule has 1 saturated heterocycles. The molecule has 15 heavy (non-hydrogen) atoms. The molecule has 1 atom stereocenters. The standard InChI is InChI=1S/C11H16BrN3/c12-10-3-4-11(15-8-10)14-7-9-2-1-5-13-6-9/h3-4,8-9,13H,1-2,5-7H2,(H,14,15)/t9-/m0/s1. The second-order valence-corrected chi connectivity index (χ2v) is 4.87. The summed E-state index contributed by atoms with van der Waals surface area (Å²) >= 11 is 3.37. The quantitative estimate of drug-likeness (QED) is 0.884. The Morgan fingerprint density at radius 2 is 2.47 bits per heavy atom. The average Bonchev–Trinajstić information content (AvgIpc) is 2.30. The largest absolute Gasteiger partial charge is 0.370 e. The highest BCUT2D eigenvalue weighted by molar-refractivity contribution is 9.10. The summed E-state index contributed by atoms with van der Waals surface area (Å²) in [6, 6.07) is 4.01. The van der Waals surface area contributed by atoms with Crippen molar-refractivity contribution in [1.29, 1.82) is 0 Å². The molecule has 2 rings (SSSR count). The van der Waals surface area contributed by atoms with E-state index in [2.05, 4.69) is 31.5 Å². The van der Waals surface area contributed by atoms with Gasteiger partial charge in [-0.15, -0.1) is 0 Å². The molecule has 82 valence electrons. The van der Waals surface area contributed by atoms with Gasteiger partial charge in [0.05, 0.1) is 0 Å². The van der Waals surface area contributed by atoms with Gasteiger partial charge >= 0.3 is 0 Å². The number of anilines is 1. The maximum absolute atomic E-state index is 4.28. The molecule has 1 aliphatic heterocycles. The van der Waals surface area contributed by atoms with Crippen LogP contribution in [0.4, 0.5) is 5.82 Å². The van der Waals surface area contributed by atoms with Crippen molar-refractivity contribution in [3.05, 3.63) is 22.8 Å². The fraction of sp³-hybridized carbons (Fsp3) is 0.545. The minimum Gasteiger partial charge on any atom is -0.370 e. The van der Waals surface area contributed by atoms with Crippen LogP contribution in [0.25, 0.3) is 0 Å². The first-order valence-electron chi connectivity index (χ1n) is 5.41. The van der Waals surface area contributed by atoms with E-state index in [0.717, 1.165) is 29.3 Å². The molecule has 0 unspecified atom stereocenters. The maximum Gasteiger partial charge on any atom is 0.125 e. The third-order valence-electron chi connectivity index (χ3n) is 2.70. The van der Waals surface area contributed by atoms with Crippen LogP contribution in [0.2, 0.25) is 0 Å². The summed E-state index contributed by atoms with van der Waals surface area (Å²) < 4.78 is 1.02. The third-order valence-corrected chi connectivity index (χ3v) is 3.17. The lowest BCUT2D eigenvalue weighted by atomic mass is 10.00. The highest BCUT2D eigenvalue weighted by atomic mass is 79.9. The summed E-state index contributed by atoms with van der Waals surface area (Å²) in [6.45, 7) is 3.32. The smallest absolute Gasteiger partial charge is 0.125 e. The summed E-state index contributed by atoms with van der Waals surface area (Å²) in [4.78, 5) is 4.28. The Morgan fingerprint density at radius 1 is 1.53 bits per heavy atom. The Bertz CT molecular complexity index is 293. The molecule has 1 aromatic heterocycles. The molecule has 0 saturated carbocycles. The van der Waals surface area contributed by atoms with Gasteiger partial charge in [-0.2, -0.15) is 0 Å². The highest BCUT2D eigenvalue weighted by Gasteiger charge is 2.12. The molecule has 1 aromatic rings. The van der Waals surface area contributed by atoms with Crippen molar-refractivity contribution in [3.63, 3.8) is 0 Å². The number of hydrogen-bond acceptors (Lipinski definition) is 3. The van der Waals surface area contributed by atoms with E-state index in [4.69, 9.17) is 0 Å². The Labute approximate surface area is 98.8 Å². The molecule has 1 aliphatic rings. The Balaban J connectivity index is 1.79. The molecule has 3 nitrogen and oxygen atoms in total. The van der Waals surface area contributed by atoms with Gasteiger partial charge in [-0.05, 0) is 59.9 Å². The number of pyridine rings is 1. The zero-order valence-electron chi connectivity index (χ0n) is 8.67. The fourth-order valence-corrected chi connectivity index (χ4v) is 2.06. The topological polar surface area (TPSA) is 37.0 Å². The van der Waals surface area contributed by atoms with E-state index < -0.39 is 0 Å². The lowest BCUT2D eigenvalue weighted by Gasteiger charge is -2.23. The summed E-state index contributed by atoms with van der Waals surface area (Å²) in [7, 11) is 0. The van der Waals surface area contributed by atoms with Gasteiger partial charge in [0.25, 0.3) is 0 Å². The fourth-order valence-electron chi connectivity index (χ4n) is 1.83. The van der Waals surface area contributed by atoms with Crippen molar-refractivity contribution in [2.24, 2.45) is 5.92 Å². The van der Waals surface area contributed by atoms with Crippen LogP contribution in [-0.2, 0) is 0 Å². The highest BCUT2D eigenvalue weighted by Crippen LogP contribution is 2.13. The van der Waals surface area contributed by atoms with Gasteiger partial charge in [-0.3, -0.25) is 0 Å². The number of nitrogens with one attached hydrogen (secondary N) is 2. The number of hydrogen-bond donors (Lipinski definition) is 2. The zero-order chi connectivity index (χ0) is 10.5. The lowest BCUT2D eigenvalue weighted by molar-refractivity contribution is 0.392. The third kappa shape index (κ3) is 3.47. The Kier molecular flexibility index (Phi) is 3.97. The Morgan fingerprint density at radius 3 is 3.13 bits per heavy atom. The van der Waals surface area contributed by atoms with Gasteiger partial charge in [0.1, 0.15) is 5.82 Å². The summed E-state index contributed by atoms with van der Waals surface area (Å²) in [5.74, 6) is 1.70. The first kappa shape index (κ1) is 10.9. The van der Waals surface area contributed by atoms with E-state index in [1.165, 1.54) is 19.4 Å². The molecule has 1 fully saturated rings. The second-order valence-electron chi connectivity index (χ2n) is 3.95. The maximum atomic E-state index is 4.28. The summed E-state index contributed by atoms with van der Waals surface area (Å²) in [5, 5.41) is 6.78. The van der Waals surface area contributed by atoms with Crippen LogP contribution in [0.15, 0.2) is 22.8 Å². The van der Waals surface area contributed by atoms with Crippen LogP contribution in [0.3, 0.4) is 0 Å². The first-order valence-corrected chi connectivity index (χ1v) is 6.20. The van der Waals surface area contributed by atoms with Crippen molar-refractivity contribution in [1.82, 2.24) is 10.3 Å². The minimum atomic E-state index is 0.740. The predicted octanol–water partition coefficient (Wildman–Crippen LogP) is 2.26. The molecule has 2 heterocycles. The predicted molar refractivity (Wildman–Crippen MR) is 66.0 cm³/mol. The van der Waals surface area contributed by atoms with Crippen LogP contribution in [0.1, 0.15) is 12.8 Å². The number of halogens is 1. The summed E-state index contributed by atoms with van der Waals surface area (Å²) in [5.41, 5.74) is 0. The van der Waals surface area contributed by atoms with Gasteiger partial charge in [-0.1, -0.05) is 0 Å². The van der Waals surface area contributed by atoms with Gasteiger partial charge in [0, 0.05) is 17.2 Å². The molecular formula is C11H16BrN3. The van der Waals surface area contributed by atoms with Crippen molar-refractivity contribution in [2.75, 3.05) is 25.0 Å². The molecule has 0 aliphatic carbocycles. The van der Waals surface area contributed by atoms with E-state index in [9.17, 15) is 0 Å². The van der Waals surface area contributed by atoms with Gasteiger partial charge in [0.2, 0.25) is 0 Å². The number of piperidine rings is 1. The van der Waals surface area contributed by atoms with Gasteiger partial charge in [-0.25, -0.2) is 4.98 Å². The SMILES string of the molecule is Brc1ccc(NC[C@H]2CCCNC2)nc1. The van der Waals surface area contributed by atoms with E-state index in [1.54, 1.807) is 0 Å². The number of aromatic nitrogens is 1. The minimum absolute atomic E-state index is 0.740. The molecule has 4 heteroatoms. The monoisotopic (exact) mass is 269 g/mol. The zero-order valence-corrected chi connectivity index (χ0v) is 10.3. The number of rotatable bonds is 3. The lowest BCUT2D eigenvalue weighted by Crippen LogP contribution is -2.33. The molecule has 0 radical (unpaired) electrons. The van der Waals surface area contributed by atoms with Crippen LogP contribution < -0.4 is 10.6 Å². The summed E-state index contributed by atoms with van der Waals surface area (Å²) in [6.07, 6.45) is 4.43. The Hall–Kier alpha value is -0.610. The average molecular weight is 270 g/mol. The van der Waals surface area contributed by atoms with Crippen molar-refractivity contribution >= 4 is 21.7 Å². The van der Waals surface area contributed by atoms with Crippen LogP contribution in [0, 0.1) is 5.92 Å². The van der Waals surface area contributed by atoms with E-state index in [-0.39, 0.29) is 0 Å². The van der Waals surface area contributed by atoms with Gasteiger partial charge in [0.15, 0.2) is 0 Å². The van der Waals surface area contributed by atoms with Crippen molar-refractivity contribution < 1.29 is 0 Å². The molecule has 0 aromatic carbocycles. The molecule has 0 amide bonds. The molecule has 0 spiro atoms. The first-order chi connectivity index (χ1) is 7.34. The van der Waals surface area contributed by atoms with Gasteiger partial charge < -0.3 is 10.6 Å². The second kappa shape index (κ2) is 5.47. The molecule has 2 N–H and O–H groups in total. The van der Waals surface area contributed by atoms with Crippen LogP contribution in [0.5, 0.6) is 0 Å².